The van der Waals surface area contributed by atoms with Gasteiger partial charge >= 0.3 is 0 Å². The lowest BCUT2D eigenvalue weighted by atomic mass is 9.78. The summed E-state index contributed by atoms with van der Waals surface area (Å²) < 4.78 is 0. The molecule has 22 heavy (non-hydrogen) atoms. The highest BCUT2D eigenvalue weighted by molar-refractivity contribution is 6.30. The number of hydrogen-bond acceptors (Lipinski definition) is 2. The molecule has 1 aliphatic rings. The minimum atomic E-state index is 0.330. The molecule has 1 N–H and O–H groups in total. The molecule has 1 saturated carbocycles. The number of rotatable bonds is 4. The summed E-state index contributed by atoms with van der Waals surface area (Å²) in [7, 11) is 0. The van der Waals surface area contributed by atoms with Crippen molar-refractivity contribution in [2.75, 3.05) is 6.54 Å². The number of hydrogen-bond donors (Lipinski definition) is 1. The minimum Gasteiger partial charge on any atom is -0.508 e. The van der Waals surface area contributed by atoms with Crippen LogP contribution in [0.2, 0.25) is 5.02 Å². The van der Waals surface area contributed by atoms with Gasteiger partial charge in [0.25, 0.3) is 0 Å². The van der Waals surface area contributed by atoms with E-state index in [-0.39, 0.29) is 0 Å². The van der Waals surface area contributed by atoms with Crippen LogP contribution in [0.25, 0.3) is 0 Å². The molecule has 1 unspecified atom stereocenters. The van der Waals surface area contributed by atoms with Gasteiger partial charge in [0.1, 0.15) is 5.75 Å². The Morgan fingerprint density at radius 2 is 1.95 bits per heavy atom. The van der Waals surface area contributed by atoms with Gasteiger partial charge in [0, 0.05) is 23.2 Å². The monoisotopic (exact) mass is 313 g/mol. The molecule has 1 aliphatic carbocycles. The highest BCUT2D eigenvalue weighted by atomic mass is 35.5. The maximum Gasteiger partial charge on any atom is 0.115 e. The molecular weight excluding hydrogens is 294 g/mol. The number of benzene rings is 2. The predicted octanol–water partition coefficient (Wildman–Crippen LogP) is 4.92. The van der Waals surface area contributed by atoms with E-state index >= 15 is 0 Å². The Kier molecular flexibility index (Phi) is 4.49. The van der Waals surface area contributed by atoms with Crippen molar-refractivity contribution < 1.29 is 5.11 Å². The molecule has 0 bridgehead atoms. The molecule has 3 rings (SSSR count). The van der Waals surface area contributed by atoms with E-state index in [0.29, 0.717) is 11.7 Å². The van der Waals surface area contributed by atoms with Crippen LogP contribution in [-0.4, -0.2) is 17.4 Å². The molecule has 0 radical (unpaired) electrons. The average Bonchev–Trinajstić information content (AvgIpc) is 2.48. The molecule has 0 aromatic heterocycles. The lowest BCUT2D eigenvalue weighted by Crippen LogP contribution is -2.24. The summed E-state index contributed by atoms with van der Waals surface area (Å²) in [6.07, 6.45) is 3.13. The summed E-state index contributed by atoms with van der Waals surface area (Å²) in [5.41, 5.74) is 4.98. The Bertz CT molecular complexity index is 691. The van der Waals surface area contributed by atoms with Crippen LogP contribution in [0.4, 0.5) is 0 Å². The quantitative estimate of drug-likeness (QED) is 0.854. The number of phenolic OH excluding ortho intramolecular Hbond substituents is 1. The van der Waals surface area contributed by atoms with Crippen molar-refractivity contribution >= 4 is 17.3 Å². The van der Waals surface area contributed by atoms with E-state index < -0.39 is 0 Å². The number of nitrogens with zero attached hydrogens (tertiary/aromatic N) is 1. The summed E-state index contributed by atoms with van der Waals surface area (Å²) in [6.45, 7) is 2.85. The molecule has 2 aromatic rings. The van der Waals surface area contributed by atoms with E-state index in [2.05, 4.69) is 19.1 Å². The first-order valence-corrected chi connectivity index (χ1v) is 8.08. The van der Waals surface area contributed by atoms with Gasteiger partial charge in [-0.05, 0) is 67.1 Å². The average molecular weight is 314 g/mol. The molecule has 0 spiro atoms. The highest BCUT2D eigenvalue weighted by Gasteiger charge is 2.27. The van der Waals surface area contributed by atoms with Crippen molar-refractivity contribution in [1.82, 2.24) is 0 Å². The molecule has 2 nitrogen and oxygen atoms in total. The Balaban J connectivity index is 1.63. The van der Waals surface area contributed by atoms with Crippen LogP contribution < -0.4 is 0 Å². The van der Waals surface area contributed by atoms with Crippen molar-refractivity contribution in [2.45, 2.75) is 32.1 Å². The second-order valence-corrected chi connectivity index (χ2v) is 6.31. The summed E-state index contributed by atoms with van der Waals surface area (Å²) >= 11 is 5.94. The lowest BCUT2D eigenvalue weighted by molar-refractivity contribution is 0.474. The maximum atomic E-state index is 9.57. The standard InChI is InChI=1S/C19H20ClNO/c1-13-2-7-17(22)12-15(13)10-11-21-19-9-8-18(19)14-3-5-16(20)6-4-14/h2-7,12,18,22H,8-11H2,1H3. The summed E-state index contributed by atoms with van der Waals surface area (Å²) in [5.74, 6) is 0.790. The van der Waals surface area contributed by atoms with Gasteiger partial charge in [-0.1, -0.05) is 29.8 Å². The van der Waals surface area contributed by atoms with Gasteiger partial charge in [-0.15, -0.1) is 0 Å². The van der Waals surface area contributed by atoms with Gasteiger partial charge in [0.05, 0.1) is 0 Å². The summed E-state index contributed by atoms with van der Waals surface area (Å²) in [6, 6.07) is 13.6. The Morgan fingerprint density at radius 3 is 2.64 bits per heavy atom. The smallest absolute Gasteiger partial charge is 0.115 e. The first-order chi connectivity index (χ1) is 10.6. The first-order valence-electron chi connectivity index (χ1n) is 7.70. The van der Waals surface area contributed by atoms with Crippen molar-refractivity contribution in [3.05, 3.63) is 64.2 Å². The Hall–Kier alpha value is -1.80. The largest absolute Gasteiger partial charge is 0.508 e. The van der Waals surface area contributed by atoms with Crippen LogP contribution in [0.15, 0.2) is 47.5 Å². The molecule has 0 saturated heterocycles. The van der Waals surface area contributed by atoms with E-state index in [9.17, 15) is 5.11 Å². The third-order valence-electron chi connectivity index (χ3n) is 4.39. The van der Waals surface area contributed by atoms with Gasteiger partial charge in [0.15, 0.2) is 0 Å². The van der Waals surface area contributed by atoms with Crippen LogP contribution in [0.1, 0.15) is 35.4 Å². The van der Waals surface area contributed by atoms with Crippen LogP contribution in [0, 0.1) is 6.92 Å². The van der Waals surface area contributed by atoms with Gasteiger partial charge in [-0.25, -0.2) is 0 Å². The van der Waals surface area contributed by atoms with E-state index in [0.717, 1.165) is 24.4 Å². The fourth-order valence-electron chi connectivity index (χ4n) is 2.91. The van der Waals surface area contributed by atoms with Crippen molar-refractivity contribution in [1.29, 1.82) is 0 Å². The number of aromatic hydroxyl groups is 1. The molecule has 0 amide bonds. The van der Waals surface area contributed by atoms with Crippen LogP contribution in [0.5, 0.6) is 5.75 Å². The molecule has 3 heteroatoms. The molecule has 1 atom stereocenters. The maximum absolute atomic E-state index is 9.57. The van der Waals surface area contributed by atoms with Crippen LogP contribution >= 0.6 is 11.6 Å². The minimum absolute atomic E-state index is 0.330. The third kappa shape index (κ3) is 3.33. The van der Waals surface area contributed by atoms with Crippen molar-refractivity contribution in [3.8, 4) is 5.75 Å². The highest BCUT2D eigenvalue weighted by Crippen LogP contribution is 2.34. The van der Waals surface area contributed by atoms with E-state index in [1.807, 2.05) is 24.3 Å². The van der Waals surface area contributed by atoms with Gasteiger partial charge in [0.2, 0.25) is 0 Å². The fourth-order valence-corrected chi connectivity index (χ4v) is 3.03. The van der Waals surface area contributed by atoms with Gasteiger partial charge in [-0.3, -0.25) is 4.99 Å². The fraction of sp³-hybridized carbons (Fsp3) is 0.316. The van der Waals surface area contributed by atoms with Crippen molar-refractivity contribution in [2.24, 2.45) is 4.99 Å². The molecule has 2 aromatic carbocycles. The number of phenols is 1. The molecule has 1 fully saturated rings. The summed E-state index contributed by atoms with van der Waals surface area (Å²) in [4.78, 5) is 4.78. The number of halogens is 1. The molecular formula is C19H20ClNO. The van der Waals surface area contributed by atoms with Crippen LogP contribution in [0.3, 0.4) is 0 Å². The number of aryl methyl sites for hydroxylation is 1. The van der Waals surface area contributed by atoms with Crippen molar-refractivity contribution in [3.63, 3.8) is 0 Å². The van der Waals surface area contributed by atoms with E-state index in [1.165, 1.54) is 28.8 Å². The third-order valence-corrected chi connectivity index (χ3v) is 4.64. The van der Waals surface area contributed by atoms with Gasteiger partial charge in [-0.2, -0.15) is 0 Å². The zero-order valence-corrected chi connectivity index (χ0v) is 13.5. The summed E-state index contributed by atoms with van der Waals surface area (Å²) in [5, 5.41) is 10.3. The predicted molar refractivity (Wildman–Crippen MR) is 92.3 cm³/mol. The molecule has 0 aliphatic heterocycles. The van der Waals surface area contributed by atoms with Gasteiger partial charge < -0.3 is 5.11 Å². The Morgan fingerprint density at radius 1 is 1.18 bits per heavy atom. The molecule has 114 valence electrons. The first kappa shape index (κ1) is 15.1. The zero-order valence-electron chi connectivity index (χ0n) is 12.7. The van der Waals surface area contributed by atoms with Crippen LogP contribution in [-0.2, 0) is 6.42 Å². The number of aliphatic imine (C=N–C) groups is 1. The zero-order chi connectivity index (χ0) is 15.5. The van der Waals surface area contributed by atoms with E-state index in [1.54, 1.807) is 6.07 Å². The Labute approximate surface area is 136 Å². The second-order valence-electron chi connectivity index (χ2n) is 5.88. The second kappa shape index (κ2) is 6.53. The SMILES string of the molecule is Cc1ccc(O)cc1CCN=C1CCC1c1ccc(Cl)cc1. The molecule has 0 heterocycles. The topological polar surface area (TPSA) is 32.6 Å². The van der Waals surface area contributed by atoms with E-state index in [4.69, 9.17) is 16.6 Å². The lowest BCUT2D eigenvalue weighted by Gasteiger charge is -2.29. The normalized spacial score (nSPS) is 19.2.